The van der Waals surface area contributed by atoms with Gasteiger partial charge in [-0.2, -0.15) is 0 Å². The molecule has 0 spiro atoms. The van der Waals surface area contributed by atoms with Gasteiger partial charge in [0.2, 0.25) is 0 Å². The molecule has 0 aliphatic carbocycles. The van der Waals surface area contributed by atoms with Crippen molar-refractivity contribution in [3.8, 4) is 11.5 Å². The Bertz CT molecular complexity index is 683. The number of nitrogens with one attached hydrogen (secondary N) is 2. The van der Waals surface area contributed by atoms with Crippen molar-refractivity contribution in [3.05, 3.63) is 57.8 Å². The molecule has 0 aliphatic heterocycles. The second kappa shape index (κ2) is 11.1. The highest BCUT2D eigenvalue weighted by Gasteiger charge is 2.14. The van der Waals surface area contributed by atoms with E-state index < -0.39 is 0 Å². The maximum Gasteiger partial charge on any atom is 0.167 e. The Balaban J connectivity index is 2.04. The summed E-state index contributed by atoms with van der Waals surface area (Å²) in [6.45, 7) is 3.13. The second-order valence-electron chi connectivity index (χ2n) is 5.62. The minimum absolute atomic E-state index is 0.128. The Kier molecular flexibility index (Phi) is 8.84. The topological polar surface area (TPSA) is 62.8 Å². The molecule has 2 aromatic carbocycles. The van der Waals surface area contributed by atoms with Crippen LogP contribution in [0.15, 0.2) is 40.9 Å². The third-order valence-electron chi connectivity index (χ3n) is 3.75. The molecule has 0 saturated heterocycles. The third-order valence-corrected chi connectivity index (χ3v) is 4.50. The van der Waals surface area contributed by atoms with E-state index >= 15 is 0 Å². The molecule has 142 valence electrons. The smallest absolute Gasteiger partial charge is 0.167 e. The summed E-state index contributed by atoms with van der Waals surface area (Å²) in [6.07, 6.45) is 0. The summed E-state index contributed by atoms with van der Waals surface area (Å²) in [6, 6.07) is 9.99. The molecule has 0 aromatic heterocycles. The molecule has 0 heterocycles. The lowest BCUT2D eigenvalue weighted by Crippen LogP contribution is -2.29. The molecule has 0 unspecified atom stereocenters. The van der Waals surface area contributed by atoms with E-state index in [1.54, 1.807) is 19.2 Å². The van der Waals surface area contributed by atoms with Crippen molar-refractivity contribution in [3.63, 3.8) is 0 Å². The van der Waals surface area contributed by atoms with Crippen molar-refractivity contribution < 1.29 is 19.0 Å². The molecule has 7 heteroatoms. The van der Waals surface area contributed by atoms with Gasteiger partial charge in [0.05, 0.1) is 13.7 Å². The zero-order chi connectivity index (χ0) is 18.8. The largest absolute Gasteiger partial charge is 0.493 e. The van der Waals surface area contributed by atoms with E-state index in [1.165, 1.54) is 12.1 Å². The van der Waals surface area contributed by atoms with Crippen LogP contribution in [0.5, 0.6) is 11.5 Å². The molecule has 0 aliphatic rings. The maximum absolute atomic E-state index is 13.0. The Morgan fingerprint density at radius 1 is 1.04 bits per heavy atom. The van der Waals surface area contributed by atoms with E-state index in [9.17, 15) is 4.39 Å². The average molecular weight is 427 g/mol. The van der Waals surface area contributed by atoms with Gasteiger partial charge in [0.15, 0.2) is 11.5 Å². The van der Waals surface area contributed by atoms with E-state index in [-0.39, 0.29) is 12.4 Å². The Morgan fingerprint density at radius 2 is 1.77 bits per heavy atom. The summed E-state index contributed by atoms with van der Waals surface area (Å²) in [5, 5.41) is 15.2. The minimum atomic E-state index is -0.270. The van der Waals surface area contributed by atoms with Gasteiger partial charge < -0.3 is 25.2 Å². The number of benzene rings is 2. The quantitative estimate of drug-likeness (QED) is 0.482. The minimum Gasteiger partial charge on any atom is -0.493 e. The molecule has 0 amide bonds. The van der Waals surface area contributed by atoms with Crippen LogP contribution in [-0.2, 0) is 13.2 Å². The van der Waals surface area contributed by atoms with Crippen molar-refractivity contribution in [1.29, 1.82) is 0 Å². The van der Waals surface area contributed by atoms with E-state index in [0.717, 1.165) is 28.7 Å². The first-order valence-corrected chi connectivity index (χ1v) is 9.20. The Morgan fingerprint density at radius 3 is 2.46 bits per heavy atom. The van der Waals surface area contributed by atoms with Crippen LogP contribution in [0.25, 0.3) is 0 Å². The van der Waals surface area contributed by atoms with Gasteiger partial charge in [0.25, 0.3) is 0 Å². The van der Waals surface area contributed by atoms with Crippen LogP contribution in [0.1, 0.15) is 11.1 Å². The average Bonchev–Trinajstić information content (AvgIpc) is 2.65. The summed E-state index contributed by atoms with van der Waals surface area (Å²) < 4.78 is 25.4. The summed E-state index contributed by atoms with van der Waals surface area (Å²) >= 11 is 3.57. The summed E-state index contributed by atoms with van der Waals surface area (Å²) in [4.78, 5) is 0. The molecular weight excluding hydrogens is 403 g/mol. The molecule has 0 bridgehead atoms. The molecule has 26 heavy (non-hydrogen) atoms. The van der Waals surface area contributed by atoms with E-state index in [1.807, 2.05) is 12.1 Å². The number of rotatable bonds is 11. The van der Waals surface area contributed by atoms with Gasteiger partial charge in [-0.1, -0.05) is 28.1 Å². The van der Waals surface area contributed by atoms with Gasteiger partial charge in [-0.15, -0.1) is 0 Å². The van der Waals surface area contributed by atoms with E-state index in [4.69, 9.17) is 14.6 Å². The first kappa shape index (κ1) is 20.6. The first-order valence-electron chi connectivity index (χ1n) is 8.40. The molecule has 3 N–H and O–H groups in total. The molecule has 0 fully saturated rings. The lowest BCUT2D eigenvalue weighted by Gasteiger charge is -2.17. The highest BCUT2D eigenvalue weighted by Crippen LogP contribution is 2.36. The molecule has 5 nitrogen and oxygen atoms in total. The SMILES string of the molecule is COc1ccc(Br)c(CNCCNCCO)c1OCc1ccc(F)cc1. The fraction of sp³-hybridized carbons (Fsp3) is 0.368. The van der Waals surface area contributed by atoms with Crippen molar-refractivity contribution >= 4 is 15.9 Å². The fourth-order valence-corrected chi connectivity index (χ4v) is 2.85. The predicted molar refractivity (Wildman–Crippen MR) is 103 cm³/mol. The highest BCUT2D eigenvalue weighted by atomic mass is 79.9. The predicted octanol–water partition coefficient (Wildman–Crippen LogP) is 2.85. The normalized spacial score (nSPS) is 10.8. The molecule has 2 rings (SSSR count). The van der Waals surface area contributed by atoms with Crippen molar-refractivity contribution in [2.24, 2.45) is 0 Å². The maximum atomic E-state index is 13.0. The van der Waals surface area contributed by atoms with Crippen LogP contribution < -0.4 is 20.1 Å². The molecule has 0 saturated carbocycles. The van der Waals surface area contributed by atoms with E-state index in [0.29, 0.717) is 31.2 Å². The monoisotopic (exact) mass is 426 g/mol. The standard InChI is InChI=1S/C19H24BrFN2O3/c1-25-18-7-6-17(20)16(12-23-9-8-22-10-11-24)19(18)26-13-14-2-4-15(21)5-3-14/h2-7,22-24H,8-13H2,1H3. The first-order chi connectivity index (χ1) is 12.7. The number of aliphatic hydroxyl groups excluding tert-OH is 1. The van der Waals surface area contributed by atoms with E-state index in [2.05, 4.69) is 26.6 Å². The number of aliphatic hydroxyl groups is 1. The van der Waals surface area contributed by atoms with Gasteiger partial charge in [-0.25, -0.2) is 4.39 Å². The van der Waals surface area contributed by atoms with Crippen LogP contribution in [0.2, 0.25) is 0 Å². The fourth-order valence-electron chi connectivity index (χ4n) is 2.40. The van der Waals surface area contributed by atoms with Gasteiger partial charge in [-0.3, -0.25) is 0 Å². The zero-order valence-corrected chi connectivity index (χ0v) is 16.3. The number of hydrogen-bond acceptors (Lipinski definition) is 5. The van der Waals surface area contributed by atoms with Gasteiger partial charge in [0.1, 0.15) is 12.4 Å². The third kappa shape index (κ3) is 6.25. The van der Waals surface area contributed by atoms with Crippen molar-refractivity contribution in [2.75, 3.05) is 33.4 Å². The molecule has 0 atom stereocenters. The van der Waals surface area contributed by atoms with Crippen LogP contribution in [0.3, 0.4) is 0 Å². The van der Waals surface area contributed by atoms with Gasteiger partial charge in [-0.05, 0) is 29.8 Å². The lowest BCUT2D eigenvalue weighted by atomic mass is 10.1. The number of ether oxygens (including phenoxy) is 2. The molecule has 2 aromatic rings. The number of hydrogen-bond donors (Lipinski definition) is 3. The van der Waals surface area contributed by atoms with Crippen LogP contribution in [-0.4, -0.2) is 38.5 Å². The van der Waals surface area contributed by atoms with Crippen molar-refractivity contribution in [2.45, 2.75) is 13.2 Å². The molecular formula is C19H24BrFN2O3. The van der Waals surface area contributed by atoms with Crippen molar-refractivity contribution in [1.82, 2.24) is 10.6 Å². The summed E-state index contributed by atoms with van der Waals surface area (Å²) in [5.74, 6) is 1.03. The number of methoxy groups -OCH3 is 1. The zero-order valence-electron chi connectivity index (χ0n) is 14.7. The number of halogens is 2. The summed E-state index contributed by atoms with van der Waals surface area (Å²) in [7, 11) is 1.60. The lowest BCUT2D eigenvalue weighted by molar-refractivity contribution is 0.280. The summed E-state index contributed by atoms with van der Waals surface area (Å²) in [5.41, 5.74) is 1.83. The van der Waals surface area contributed by atoms with Crippen LogP contribution in [0.4, 0.5) is 4.39 Å². The molecule has 0 radical (unpaired) electrons. The van der Waals surface area contributed by atoms with Gasteiger partial charge >= 0.3 is 0 Å². The highest BCUT2D eigenvalue weighted by molar-refractivity contribution is 9.10. The van der Waals surface area contributed by atoms with Crippen LogP contribution >= 0.6 is 15.9 Å². The second-order valence-corrected chi connectivity index (χ2v) is 6.48. The Hall–Kier alpha value is -1.67. The van der Waals surface area contributed by atoms with Crippen LogP contribution in [0, 0.1) is 5.82 Å². The Labute approximate surface area is 161 Å². The van der Waals surface area contributed by atoms with Gasteiger partial charge in [0, 0.05) is 36.2 Å².